The van der Waals surface area contributed by atoms with Crippen LogP contribution in [0.1, 0.15) is 75.3 Å². The van der Waals surface area contributed by atoms with Crippen molar-refractivity contribution in [2.24, 2.45) is 5.92 Å². The average molecular weight is 723 g/mol. The summed E-state index contributed by atoms with van der Waals surface area (Å²) in [6.07, 6.45) is 4.09. The van der Waals surface area contributed by atoms with Crippen molar-refractivity contribution < 1.29 is 50.5 Å². The van der Waals surface area contributed by atoms with Crippen LogP contribution < -0.4 is 4.74 Å². The summed E-state index contributed by atoms with van der Waals surface area (Å²) in [7, 11) is -10.1. The molecule has 0 aliphatic heterocycles. The number of benzene rings is 4. The summed E-state index contributed by atoms with van der Waals surface area (Å²) in [6.45, 7) is 2.17. The molecular weight excluding hydrogens is 689 g/mol. The van der Waals surface area contributed by atoms with Crippen molar-refractivity contribution in [3.63, 3.8) is 0 Å². The topological polar surface area (TPSA) is 9.23 Å². The molecular formula is C36H33F11OS. The number of alkyl halides is 2. The maximum atomic E-state index is 15.3. The lowest BCUT2D eigenvalue weighted by Crippen LogP contribution is -2.25. The molecule has 0 amide bonds. The van der Waals surface area contributed by atoms with Crippen molar-refractivity contribution in [1.29, 1.82) is 0 Å². The Morgan fingerprint density at radius 3 is 1.76 bits per heavy atom. The second-order valence-electron chi connectivity index (χ2n) is 12.5. The first kappa shape index (κ1) is 36.5. The van der Waals surface area contributed by atoms with Crippen LogP contribution in [0.25, 0.3) is 22.3 Å². The van der Waals surface area contributed by atoms with Crippen LogP contribution in [0.2, 0.25) is 0 Å². The SMILES string of the molecule is CCCCCC1CCC(c2ccc(-c3ccc(-c4cc(F)c(C(F)(F)Oc5ccc(S(F)(F)(F)(F)F)cc5)c(F)c4)c(F)c3)c(F)c2)CC1. The zero-order valence-corrected chi connectivity index (χ0v) is 27.0. The smallest absolute Gasteiger partial charge is 0.429 e. The van der Waals surface area contributed by atoms with Crippen LogP contribution in [0.15, 0.2) is 77.7 Å². The van der Waals surface area contributed by atoms with Crippen molar-refractivity contribution in [3.8, 4) is 28.0 Å². The van der Waals surface area contributed by atoms with Crippen LogP contribution in [-0.2, 0) is 6.11 Å². The lowest BCUT2D eigenvalue weighted by atomic mass is 9.77. The Labute approximate surface area is 276 Å². The third kappa shape index (κ3) is 8.53. The van der Waals surface area contributed by atoms with Gasteiger partial charge in [0, 0.05) is 11.1 Å². The van der Waals surface area contributed by atoms with Crippen LogP contribution in [0.5, 0.6) is 5.75 Å². The number of unbranched alkanes of at least 4 members (excludes halogenated alkanes) is 2. The molecule has 0 spiro atoms. The van der Waals surface area contributed by atoms with E-state index in [1.807, 2.05) is 0 Å². The molecule has 4 aromatic carbocycles. The van der Waals surface area contributed by atoms with E-state index in [-0.39, 0.29) is 41.3 Å². The summed E-state index contributed by atoms with van der Waals surface area (Å²) < 4.78 is 159. The van der Waals surface area contributed by atoms with Gasteiger partial charge >= 0.3 is 16.3 Å². The first-order valence-electron chi connectivity index (χ1n) is 15.8. The lowest BCUT2D eigenvalue weighted by Gasteiger charge is -2.40. The molecule has 266 valence electrons. The third-order valence-corrected chi connectivity index (χ3v) is 10.1. The Morgan fingerprint density at radius 1 is 0.653 bits per heavy atom. The number of rotatable bonds is 11. The number of hydrogen-bond acceptors (Lipinski definition) is 1. The molecule has 0 N–H and O–H groups in total. The van der Waals surface area contributed by atoms with Crippen molar-refractivity contribution in [2.75, 3.05) is 0 Å². The van der Waals surface area contributed by atoms with Crippen molar-refractivity contribution in [2.45, 2.75) is 75.2 Å². The van der Waals surface area contributed by atoms with Gasteiger partial charge in [0.05, 0.1) is 0 Å². The van der Waals surface area contributed by atoms with Gasteiger partial charge in [-0.05, 0) is 103 Å². The van der Waals surface area contributed by atoms with E-state index in [0.29, 0.717) is 18.1 Å². The van der Waals surface area contributed by atoms with Crippen molar-refractivity contribution in [3.05, 3.63) is 107 Å². The molecule has 1 aliphatic rings. The summed E-state index contributed by atoms with van der Waals surface area (Å²) in [5.74, 6) is -5.55. The molecule has 1 nitrogen and oxygen atoms in total. The zero-order valence-electron chi connectivity index (χ0n) is 26.2. The molecule has 5 rings (SSSR count). The zero-order chi connectivity index (χ0) is 35.8. The predicted molar refractivity (Wildman–Crippen MR) is 168 cm³/mol. The first-order chi connectivity index (χ1) is 22.8. The second-order valence-corrected chi connectivity index (χ2v) is 14.9. The monoisotopic (exact) mass is 722 g/mol. The molecule has 0 heterocycles. The minimum Gasteiger partial charge on any atom is -0.429 e. The van der Waals surface area contributed by atoms with Crippen molar-refractivity contribution >= 4 is 10.2 Å². The highest BCUT2D eigenvalue weighted by Crippen LogP contribution is 3.02. The molecule has 4 aromatic rings. The van der Waals surface area contributed by atoms with Gasteiger partial charge in [-0.15, -0.1) is 0 Å². The number of hydrogen-bond donors (Lipinski definition) is 0. The normalized spacial score (nSPS) is 18.5. The highest BCUT2D eigenvalue weighted by Gasteiger charge is 2.65. The van der Waals surface area contributed by atoms with Crippen LogP contribution in [-0.4, -0.2) is 0 Å². The summed E-state index contributed by atoms with van der Waals surface area (Å²) in [5, 5.41) is 0. The van der Waals surface area contributed by atoms with Gasteiger partial charge in [-0.2, -0.15) is 8.78 Å². The fourth-order valence-electron chi connectivity index (χ4n) is 6.37. The molecule has 0 unspecified atom stereocenters. The largest absolute Gasteiger partial charge is 0.432 e. The van der Waals surface area contributed by atoms with Gasteiger partial charge < -0.3 is 4.74 Å². The fraction of sp³-hybridized carbons (Fsp3) is 0.333. The Bertz CT molecular complexity index is 1790. The molecule has 0 aromatic heterocycles. The number of halogens is 11. The van der Waals surface area contributed by atoms with Gasteiger partial charge in [0.25, 0.3) is 0 Å². The van der Waals surface area contributed by atoms with E-state index in [9.17, 15) is 37.0 Å². The molecule has 13 heteroatoms. The Balaban J connectivity index is 1.31. The quantitative estimate of drug-likeness (QED) is 0.111. The van der Waals surface area contributed by atoms with Gasteiger partial charge in [0.15, 0.2) is 0 Å². The summed E-state index contributed by atoms with van der Waals surface area (Å²) in [5.41, 5.74) is -1.73. The predicted octanol–water partition coefficient (Wildman–Crippen LogP) is 14.2. The molecule has 1 aliphatic carbocycles. The maximum Gasteiger partial charge on any atom is 0.432 e. The van der Waals surface area contributed by atoms with Crippen LogP contribution in [0.3, 0.4) is 0 Å². The lowest BCUT2D eigenvalue weighted by molar-refractivity contribution is -0.189. The minimum absolute atomic E-state index is 0.0978. The van der Waals surface area contributed by atoms with E-state index >= 15 is 8.78 Å². The molecule has 49 heavy (non-hydrogen) atoms. The molecule has 0 saturated heterocycles. The second kappa shape index (κ2) is 12.9. The van der Waals surface area contributed by atoms with E-state index in [0.717, 1.165) is 43.4 Å². The van der Waals surface area contributed by atoms with E-state index in [2.05, 4.69) is 11.7 Å². The van der Waals surface area contributed by atoms with E-state index in [4.69, 9.17) is 0 Å². The molecule has 1 saturated carbocycles. The Kier molecular flexibility index (Phi) is 9.59. The third-order valence-electron chi connectivity index (χ3n) is 8.97. The summed E-state index contributed by atoms with van der Waals surface area (Å²) >= 11 is 0. The molecule has 0 radical (unpaired) electrons. The van der Waals surface area contributed by atoms with Crippen molar-refractivity contribution in [1.82, 2.24) is 0 Å². The standard InChI is InChI=1S/C36H33F11OS/c1-2-3-4-5-22-6-8-23(9-7-22)24-10-16-29(31(37)18-24)25-11-17-30(32(38)19-25)26-20-33(39)35(34(40)21-26)36(41,42)48-27-12-14-28(15-13-27)49(43,44,45,46)47/h10-23H,2-9H2,1H3. The van der Waals surface area contributed by atoms with E-state index < -0.39 is 66.9 Å². The molecule has 1 fully saturated rings. The van der Waals surface area contributed by atoms with Crippen LogP contribution in [0, 0.1) is 29.2 Å². The fourth-order valence-corrected chi connectivity index (χ4v) is 7.02. The molecule has 0 bridgehead atoms. The Hall–Kier alpha value is -3.74. The number of ether oxygens (including phenoxy) is 1. The first-order valence-corrected chi connectivity index (χ1v) is 17.7. The highest BCUT2D eigenvalue weighted by atomic mass is 32.5. The van der Waals surface area contributed by atoms with Gasteiger partial charge in [0.2, 0.25) is 0 Å². The van der Waals surface area contributed by atoms with Crippen LogP contribution in [0.4, 0.5) is 45.8 Å². The van der Waals surface area contributed by atoms with Crippen LogP contribution >= 0.6 is 10.2 Å². The molecule has 0 atom stereocenters. The van der Waals surface area contributed by atoms with E-state index in [1.165, 1.54) is 37.8 Å². The highest BCUT2D eigenvalue weighted by molar-refractivity contribution is 8.45. The van der Waals surface area contributed by atoms with Gasteiger partial charge in [-0.25, -0.2) is 17.6 Å². The van der Waals surface area contributed by atoms with Gasteiger partial charge in [0.1, 0.15) is 39.5 Å². The summed E-state index contributed by atoms with van der Waals surface area (Å²) in [4.78, 5) is -2.38. The summed E-state index contributed by atoms with van der Waals surface area (Å²) in [6, 6.07) is 8.88. The average Bonchev–Trinajstić information content (AvgIpc) is 3.00. The Morgan fingerprint density at radius 2 is 1.20 bits per heavy atom. The van der Waals surface area contributed by atoms with E-state index in [1.54, 1.807) is 12.1 Å². The maximum absolute atomic E-state index is 15.3. The van der Waals surface area contributed by atoms with Gasteiger partial charge in [-0.3, -0.25) is 0 Å². The minimum atomic E-state index is -10.1. The van der Waals surface area contributed by atoms with Gasteiger partial charge in [-0.1, -0.05) is 76.3 Å².